The van der Waals surface area contributed by atoms with Gasteiger partial charge in [0.15, 0.2) is 0 Å². The van der Waals surface area contributed by atoms with E-state index in [1.165, 1.54) is 6.07 Å². The maximum absolute atomic E-state index is 13.0. The number of hydrogen-bond acceptors (Lipinski definition) is 4. The summed E-state index contributed by atoms with van der Waals surface area (Å²) in [6, 6.07) is 3.60. The monoisotopic (exact) mass is 386 g/mol. The number of sulfonamides is 2. The third kappa shape index (κ3) is 4.47. The molecule has 0 bridgehead atoms. The summed E-state index contributed by atoms with van der Waals surface area (Å²) < 4.78 is 89.9. The normalized spacial score (nSPS) is 18.7. The minimum Gasteiger partial charge on any atom is -0.213 e. The average Bonchev–Trinajstić information content (AvgIpc) is 2.45. The van der Waals surface area contributed by atoms with Crippen molar-refractivity contribution in [1.29, 1.82) is 0 Å². The highest BCUT2D eigenvalue weighted by Crippen LogP contribution is 2.35. The van der Waals surface area contributed by atoms with Crippen molar-refractivity contribution in [2.24, 2.45) is 0 Å². The van der Waals surface area contributed by atoms with Crippen molar-refractivity contribution in [3.05, 3.63) is 29.8 Å². The molecule has 1 aromatic rings. The van der Waals surface area contributed by atoms with Crippen LogP contribution in [0.4, 0.5) is 13.2 Å². The van der Waals surface area contributed by atoms with Gasteiger partial charge in [-0.25, -0.2) is 21.6 Å². The van der Waals surface area contributed by atoms with E-state index in [-0.39, 0.29) is 25.9 Å². The zero-order valence-corrected chi connectivity index (χ0v) is 14.4. The molecule has 11 heteroatoms. The molecule has 1 aliphatic heterocycles. The van der Waals surface area contributed by atoms with Gasteiger partial charge in [0.25, 0.3) is 0 Å². The molecule has 0 atom stereocenters. The summed E-state index contributed by atoms with van der Waals surface area (Å²) in [6.07, 6.45) is -3.39. The van der Waals surface area contributed by atoms with Crippen LogP contribution in [0.3, 0.4) is 0 Å². The molecular formula is C13H17F3N2O4S2. The largest absolute Gasteiger partial charge is 0.417 e. The molecule has 6 nitrogen and oxygen atoms in total. The Hall–Kier alpha value is -1.17. The zero-order valence-electron chi connectivity index (χ0n) is 12.7. The number of nitrogens with one attached hydrogen (secondary N) is 1. The summed E-state index contributed by atoms with van der Waals surface area (Å²) in [7, 11) is -7.73. The van der Waals surface area contributed by atoms with E-state index < -0.39 is 42.7 Å². The SMILES string of the molecule is CS(=O)(=O)NC1CCN(S(=O)(=O)c2ccccc2C(F)(F)F)CC1. The lowest BCUT2D eigenvalue weighted by atomic mass is 10.1. The van der Waals surface area contributed by atoms with Gasteiger partial charge in [-0.2, -0.15) is 17.5 Å². The van der Waals surface area contributed by atoms with Crippen molar-refractivity contribution in [3.8, 4) is 0 Å². The van der Waals surface area contributed by atoms with Crippen LogP contribution < -0.4 is 4.72 Å². The first-order valence-corrected chi connectivity index (χ1v) is 10.4. The quantitative estimate of drug-likeness (QED) is 0.848. The molecule has 1 fully saturated rings. The van der Waals surface area contributed by atoms with E-state index in [1.54, 1.807) is 0 Å². The van der Waals surface area contributed by atoms with Crippen LogP contribution in [0, 0.1) is 0 Å². The van der Waals surface area contributed by atoms with Gasteiger partial charge in [-0.3, -0.25) is 0 Å². The van der Waals surface area contributed by atoms with Crippen molar-refractivity contribution in [2.75, 3.05) is 19.3 Å². The molecular weight excluding hydrogens is 369 g/mol. The second-order valence-electron chi connectivity index (χ2n) is 5.56. The predicted octanol–water partition coefficient (Wildman–Crippen LogP) is 1.41. The second kappa shape index (κ2) is 6.62. The first kappa shape index (κ1) is 19.2. The fraction of sp³-hybridized carbons (Fsp3) is 0.538. The van der Waals surface area contributed by atoms with Crippen molar-refractivity contribution in [3.63, 3.8) is 0 Å². The molecule has 1 N–H and O–H groups in total. The highest BCUT2D eigenvalue weighted by Gasteiger charge is 2.39. The maximum atomic E-state index is 13.0. The molecule has 0 unspecified atom stereocenters. The van der Waals surface area contributed by atoms with E-state index >= 15 is 0 Å². The van der Waals surface area contributed by atoms with Gasteiger partial charge in [0.1, 0.15) is 0 Å². The summed E-state index contributed by atoms with van der Waals surface area (Å²) in [5, 5.41) is 0. The smallest absolute Gasteiger partial charge is 0.213 e. The Morgan fingerprint density at radius 3 is 2.12 bits per heavy atom. The van der Waals surface area contributed by atoms with E-state index in [2.05, 4.69) is 4.72 Å². The van der Waals surface area contributed by atoms with Crippen LogP contribution in [0.25, 0.3) is 0 Å². The predicted molar refractivity (Wildman–Crippen MR) is 81.2 cm³/mol. The molecule has 1 saturated heterocycles. The van der Waals surface area contributed by atoms with Crippen LogP contribution in [0.15, 0.2) is 29.2 Å². The Bertz CT molecular complexity index is 799. The third-order valence-electron chi connectivity index (χ3n) is 3.64. The van der Waals surface area contributed by atoms with Crippen LogP contribution >= 0.6 is 0 Å². The van der Waals surface area contributed by atoms with Gasteiger partial charge in [-0.05, 0) is 25.0 Å². The van der Waals surface area contributed by atoms with Crippen LogP contribution in [0.1, 0.15) is 18.4 Å². The van der Waals surface area contributed by atoms with E-state index in [0.717, 1.165) is 28.8 Å². The lowest BCUT2D eigenvalue weighted by Crippen LogP contribution is -2.46. The van der Waals surface area contributed by atoms with Crippen molar-refractivity contribution >= 4 is 20.0 Å². The minimum atomic E-state index is -4.78. The van der Waals surface area contributed by atoms with E-state index in [4.69, 9.17) is 0 Å². The number of rotatable bonds is 4. The Morgan fingerprint density at radius 2 is 1.62 bits per heavy atom. The van der Waals surface area contributed by atoms with Gasteiger partial charge in [0, 0.05) is 19.1 Å². The second-order valence-corrected chi connectivity index (χ2v) is 9.25. The van der Waals surface area contributed by atoms with Crippen molar-refractivity contribution in [2.45, 2.75) is 30.0 Å². The van der Waals surface area contributed by atoms with Gasteiger partial charge in [-0.1, -0.05) is 12.1 Å². The van der Waals surface area contributed by atoms with Crippen LogP contribution in [0.5, 0.6) is 0 Å². The van der Waals surface area contributed by atoms with Gasteiger partial charge in [0.2, 0.25) is 20.0 Å². The molecule has 24 heavy (non-hydrogen) atoms. The molecule has 0 amide bonds. The molecule has 0 aromatic heterocycles. The molecule has 1 aliphatic rings. The van der Waals surface area contributed by atoms with Gasteiger partial charge in [-0.15, -0.1) is 0 Å². The highest BCUT2D eigenvalue weighted by atomic mass is 32.2. The topological polar surface area (TPSA) is 83.6 Å². The summed E-state index contributed by atoms with van der Waals surface area (Å²) in [4.78, 5) is -0.785. The summed E-state index contributed by atoms with van der Waals surface area (Å²) in [5.74, 6) is 0. The summed E-state index contributed by atoms with van der Waals surface area (Å²) >= 11 is 0. The lowest BCUT2D eigenvalue weighted by molar-refractivity contribution is -0.139. The number of benzene rings is 1. The molecule has 0 spiro atoms. The molecule has 1 aromatic carbocycles. The summed E-state index contributed by atoms with van der Waals surface area (Å²) in [5.41, 5.74) is -1.21. The first-order chi connectivity index (χ1) is 10.9. The van der Waals surface area contributed by atoms with Crippen molar-refractivity contribution < 1.29 is 30.0 Å². The van der Waals surface area contributed by atoms with Crippen molar-refractivity contribution in [1.82, 2.24) is 9.03 Å². The first-order valence-electron chi connectivity index (χ1n) is 7.05. The van der Waals surface area contributed by atoms with Gasteiger partial charge < -0.3 is 0 Å². The van der Waals surface area contributed by atoms with Crippen LogP contribution in [-0.4, -0.2) is 46.5 Å². The van der Waals surface area contributed by atoms with E-state index in [0.29, 0.717) is 0 Å². The standard InChI is InChI=1S/C13H17F3N2O4S2/c1-23(19,20)17-10-6-8-18(9-7-10)24(21,22)12-5-3-2-4-11(12)13(14,15)16/h2-5,10,17H,6-9H2,1H3. The Kier molecular flexibility index (Phi) is 5.28. The Morgan fingerprint density at radius 1 is 1.08 bits per heavy atom. The number of piperidine rings is 1. The fourth-order valence-corrected chi connectivity index (χ4v) is 5.10. The zero-order chi connectivity index (χ0) is 18.2. The minimum absolute atomic E-state index is 0.0539. The lowest BCUT2D eigenvalue weighted by Gasteiger charge is -2.31. The number of halogens is 3. The highest BCUT2D eigenvalue weighted by molar-refractivity contribution is 7.89. The van der Waals surface area contributed by atoms with E-state index in [1.807, 2.05) is 0 Å². The maximum Gasteiger partial charge on any atom is 0.417 e. The number of nitrogens with zero attached hydrogens (tertiary/aromatic N) is 1. The van der Waals surface area contributed by atoms with Crippen LogP contribution in [-0.2, 0) is 26.2 Å². The molecule has 1 heterocycles. The molecule has 2 rings (SSSR count). The van der Waals surface area contributed by atoms with Crippen LogP contribution in [0.2, 0.25) is 0 Å². The van der Waals surface area contributed by atoms with Gasteiger partial charge >= 0.3 is 6.18 Å². The average molecular weight is 386 g/mol. The Labute approximate surface area is 138 Å². The third-order valence-corrected chi connectivity index (χ3v) is 6.36. The fourth-order valence-electron chi connectivity index (χ4n) is 2.58. The molecule has 136 valence electrons. The number of alkyl halides is 3. The Balaban J connectivity index is 2.22. The van der Waals surface area contributed by atoms with E-state index in [9.17, 15) is 30.0 Å². The molecule has 0 saturated carbocycles. The number of hydrogen-bond donors (Lipinski definition) is 1. The molecule has 0 aliphatic carbocycles. The van der Waals surface area contributed by atoms with Gasteiger partial charge in [0.05, 0.1) is 16.7 Å². The molecule has 0 radical (unpaired) electrons. The summed E-state index contributed by atoms with van der Waals surface area (Å²) in [6.45, 7) is -0.108.